The largest absolute Gasteiger partial charge is 1.00 e. The maximum atomic E-state index is 6.19. The Labute approximate surface area is 342 Å². The van der Waals surface area contributed by atoms with Crippen molar-refractivity contribution in [1.82, 2.24) is 4.90 Å². The molecule has 0 aliphatic carbocycles. The van der Waals surface area contributed by atoms with Crippen molar-refractivity contribution in [1.29, 1.82) is 0 Å². The number of aryl methyl sites for hydroxylation is 3. The third-order valence-corrected chi connectivity index (χ3v) is 10.3. The Kier molecular flexibility index (Phi) is 12.2. The third kappa shape index (κ3) is 7.51. The Morgan fingerprint density at radius 3 is 1.43 bits per heavy atom. The molecule has 54 heavy (non-hydrogen) atoms. The normalized spacial score (nSPS) is 13.2. The van der Waals surface area contributed by atoms with Crippen LogP contribution >= 0.6 is 0 Å². The number of fused-ring (bicyclic) bond motifs is 1. The topological polar surface area (TPSA) is 15.7 Å². The monoisotopic (exact) mass is 907 g/mol. The molecule has 0 spiro atoms. The molecule has 6 aromatic carbocycles. The van der Waals surface area contributed by atoms with Gasteiger partial charge in [-0.3, -0.25) is 0 Å². The van der Waals surface area contributed by atoms with E-state index in [1.165, 1.54) is 61.3 Å². The molecule has 0 bridgehead atoms. The van der Waals surface area contributed by atoms with Crippen molar-refractivity contribution in [3.63, 3.8) is 0 Å². The van der Waals surface area contributed by atoms with Crippen LogP contribution in [0.2, 0.25) is 0 Å². The second-order valence-electron chi connectivity index (χ2n) is 13.8. The molecule has 2 aliphatic heterocycles. The Morgan fingerprint density at radius 2 is 1.02 bits per heavy atom. The fraction of sp³-hybridized carbons (Fsp3) is 0.122. The van der Waals surface area contributed by atoms with Gasteiger partial charge in [0, 0.05) is 34.5 Å². The van der Waals surface area contributed by atoms with Gasteiger partial charge in [0.2, 0.25) is 0 Å². The number of benzene rings is 6. The summed E-state index contributed by atoms with van der Waals surface area (Å²) in [5, 5.41) is 0. The Morgan fingerprint density at radius 1 is 0.593 bits per heavy atom. The van der Waals surface area contributed by atoms with E-state index in [0.29, 0.717) is 0 Å². The summed E-state index contributed by atoms with van der Waals surface area (Å²) in [6.07, 6.45) is 8.92. The minimum absolute atomic E-state index is 0. The van der Waals surface area contributed by atoms with Crippen LogP contribution in [-0.4, -0.2) is 12.0 Å². The minimum Gasteiger partial charge on any atom is -1.00 e. The molecular weight excluding hydrogens is 865 g/mol. The van der Waals surface area contributed by atoms with Gasteiger partial charge >= 0.3 is 22.4 Å². The van der Waals surface area contributed by atoms with Crippen molar-refractivity contribution in [3.8, 4) is 5.75 Å². The molecule has 0 saturated heterocycles. The molecule has 5 heteroatoms. The van der Waals surface area contributed by atoms with Gasteiger partial charge in [-0.1, -0.05) is 145 Å². The number of ether oxygens (including phenoxy) is 1. The van der Waals surface area contributed by atoms with Gasteiger partial charge < -0.3 is 26.9 Å². The maximum absolute atomic E-state index is 6.19. The second kappa shape index (κ2) is 17.0. The van der Waals surface area contributed by atoms with Gasteiger partial charge in [0.05, 0.1) is 7.11 Å². The average Bonchev–Trinajstić information content (AvgIpc) is 3.61. The number of halogens is 1. The minimum atomic E-state index is -0.0602. The molecule has 3 nitrogen and oxygen atoms in total. The van der Waals surface area contributed by atoms with Crippen LogP contribution in [0.3, 0.4) is 0 Å². The van der Waals surface area contributed by atoms with Crippen LogP contribution in [-0.2, 0) is 22.4 Å². The van der Waals surface area contributed by atoms with E-state index in [-0.39, 0.29) is 46.6 Å². The summed E-state index contributed by atoms with van der Waals surface area (Å²) in [6.45, 7) is 8.89. The zero-order valence-electron chi connectivity index (χ0n) is 30.9. The van der Waals surface area contributed by atoms with Crippen LogP contribution in [0.4, 0.5) is 5.69 Å². The van der Waals surface area contributed by atoms with Gasteiger partial charge in [0.15, 0.2) is 0 Å². The maximum Gasteiger partial charge on any atom is 1.00 e. The average molecular weight is 908 g/mol. The van der Waals surface area contributed by atoms with E-state index in [1.807, 2.05) is 0 Å². The van der Waals surface area contributed by atoms with E-state index in [2.05, 4.69) is 207 Å². The van der Waals surface area contributed by atoms with Crippen molar-refractivity contribution in [2.45, 2.75) is 32.6 Å². The van der Waals surface area contributed by atoms with Crippen LogP contribution in [0.25, 0.3) is 5.70 Å². The van der Waals surface area contributed by atoms with Crippen LogP contribution in [0, 0.1) is 27.4 Å². The molecule has 0 fully saturated rings. The van der Waals surface area contributed by atoms with Crippen LogP contribution in [0.5, 0.6) is 5.75 Å². The molecule has 0 aromatic heterocycles. The van der Waals surface area contributed by atoms with E-state index in [0.717, 1.165) is 17.1 Å². The first kappa shape index (κ1) is 38.7. The number of hydrogen-bond donors (Lipinski definition) is 0. The van der Waals surface area contributed by atoms with Gasteiger partial charge in [-0.25, -0.2) is 0 Å². The Hall–Kier alpha value is -5.03. The fourth-order valence-corrected chi connectivity index (χ4v) is 8.17. The number of anilines is 1. The van der Waals surface area contributed by atoms with Crippen molar-refractivity contribution >= 4 is 11.4 Å². The molecule has 0 radical (unpaired) electrons. The van der Waals surface area contributed by atoms with Crippen molar-refractivity contribution in [2.75, 3.05) is 12.0 Å². The summed E-state index contributed by atoms with van der Waals surface area (Å²) in [6, 6.07) is 52.5. The first-order valence-electron chi connectivity index (χ1n) is 18.0. The molecule has 8 rings (SSSR count). The Balaban J connectivity index is 0.00000249. The van der Waals surface area contributed by atoms with Crippen molar-refractivity contribution in [3.05, 3.63) is 238 Å². The first-order chi connectivity index (χ1) is 25.5. The summed E-state index contributed by atoms with van der Waals surface area (Å²) >= 11 is 0. The van der Waals surface area contributed by atoms with Gasteiger partial charge in [-0.05, 0) is 95.8 Å². The summed E-state index contributed by atoms with van der Waals surface area (Å²) < 4.78 is 6.19. The molecule has 274 valence electrons. The molecular formula is C49H43AuClN2O-. The Bertz CT molecular complexity index is 2100. The van der Waals surface area contributed by atoms with Crippen molar-refractivity contribution in [2.24, 2.45) is 0 Å². The zero-order chi connectivity index (χ0) is 35.6. The number of hydrogen-bond acceptors (Lipinski definition) is 3. The van der Waals surface area contributed by atoms with Gasteiger partial charge in [-0.2, -0.15) is 0 Å². The predicted molar refractivity (Wildman–Crippen MR) is 215 cm³/mol. The van der Waals surface area contributed by atoms with E-state index < -0.39 is 0 Å². The fourth-order valence-electron chi connectivity index (χ4n) is 8.17. The zero-order valence-corrected chi connectivity index (χ0v) is 33.8. The van der Waals surface area contributed by atoms with E-state index in [1.54, 1.807) is 7.11 Å². The van der Waals surface area contributed by atoms with Crippen LogP contribution < -0.4 is 22.0 Å². The molecule has 0 N–H and O–H groups in total. The third-order valence-electron chi connectivity index (χ3n) is 10.3. The van der Waals surface area contributed by atoms with E-state index in [4.69, 9.17) is 4.74 Å². The van der Waals surface area contributed by atoms with Crippen LogP contribution in [0.15, 0.2) is 176 Å². The summed E-state index contributed by atoms with van der Waals surface area (Å²) in [7, 11) is 1.78. The molecule has 0 amide bonds. The predicted octanol–water partition coefficient (Wildman–Crippen LogP) is 8.68. The van der Waals surface area contributed by atoms with Crippen molar-refractivity contribution < 1.29 is 39.5 Å². The van der Waals surface area contributed by atoms with E-state index >= 15 is 0 Å². The van der Waals surface area contributed by atoms with Gasteiger partial charge in [0.1, 0.15) is 5.75 Å². The summed E-state index contributed by atoms with van der Waals surface area (Å²) in [5.41, 5.74) is 15.8. The van der Waals surface area contributed by atoms with Gasteiger partial charge in [-0.15, -0.1) is 6.67 Å². The molecule has 0 atom stereocenters. The molecule has 2 aliphatic rings. The van der Waals surface area contributed by atoms with Gasteiger partial charge in [0.25, 0.3) is 0 Å². The standard InChI is InChI=1S/C49H43N2O.Au.ClH/c1-34-28-35(2)46(36(3)29-34)45-27-17-26-41-32-50(33-51(41)45)49-43(47(37-18-9-5-10-19-37)38-20-11-6-12-21-38)30-42(52-4)31-44(49)48(39-22-13-7-14-23-39)40-24-15-8-16-25-40;;/h5-33,47-48H,1-4H3;;1H/q-1;+1;/p-1. The summed E-state index contributed by atoms with van der Waals surface area (Å²) in [5.74, 6) is 0.712. The SMILES string of the molecule is COc1cc(C(c2ccccc2)c2ccccc2)c(N2C=C3C=CC=C(c4c(C)cc(C)cc4C)N3[CH-]2)c(C(c2ccccc2)c2ccccc2)c1.[Au+].[Cl-]. The quantitative estimate of drug-likeness (QED) is 0.0822. The number of allylic oxidation sites excluding steroid dienone is 3. The molecule has 6 aromatic rings. The smallest absolute Gasteiger partial charge is 1.00 e. The number of nitrogens with zero attached hydrogens (tertiary/aromatic N) is 2. The first-order valence-corrected chi connectivity index (χ1v) is 18.0. The molecule has 0 saturated carbocycles. The second-order valence-corrected chi connectivity index (χ2v) is 13.8. The summed E-state index contributed by atoms with van der Waals surface area (Å²) in [4.78, 5) is 4.71. The molecule has 0 unspecified atom stereocenters. The number of rotatable bonds is 9. The van der Waals surface area contributed by atoms with E-state index in [9.17, 15) is 0 Å². The van der Waals surface area contributed by atoms with Crippen LogP contribution in [0.1, 0.15) is 67.5 Å². The number of methoxy groups -OCH3 is 1. The molecule has 2 heterocycles.